The molecule has 16 heavy (non-hydrogen) atoms. The zero-order valence-electron chi connectivity index (χ0n) is 10.0. The van der Waals surface area contributed by atoms with E-state index in [1.54, 1.807) is 6.92 Å². The number of rotatable bonds is 2. The van der Waals surface area contributed by atoms with E-state index >= 15 is 0 Å². The molecule has 1 aromatic heterocycles. The summed E-state index contributed by atoms with van der Waals surface area (Å²) < 4.78 is 5.17. The van der Waals surface area contributed by atoms with Crippen LogP contribution < -0.4 is 5.73 Å². The first-order valence-corrected chi connectivity index (χ1v) is 5.10. The van der Waals surface area contributed by atoms with Crippen LogP contribution in [0.4, 0.5) is 0 Å². The SMILES string of the molecule is C[C@H](N)c1ncc(C(=O)OC(C)(C)C)cn1. The van der Waals surface area contributed by atoms with Crippen molar-refractivity contribution in [2.24, 2.45) is 5.73 Å². The second-order valence-electron chi connectivity index (χ2n) is 4.62. The molecule has 0 aliphatic heterocycles. The van der Waals surface area contributed by atoms with Gasteiger partial charge in [0.15, 0.2) is 0 Å². The predicted octanol–water partition coefficient (Wildman–Crippen LogP) is 1.45. The van der Waals surface area contributed by atoms with Gasteiger partial charge in [-0.15, -0.1) is 0 Å². The minimum absolute atomic E-state index is 0.243. The van der Waals surface area contributed by atoms with Crippen LogP contribution in [-0.4, -0.2) is 21.5 Å². The molecule has 0 amide bonds. The van der Waals surface area contributed by atoms with E-state index in [9.17, 15) is 4.79 Å². The maximum atomic E-state index is 11.6. The molecule has 0 saturated heterocycles. The Kier molecular flexibility index (Phi) is 3.59. The minimum atomic E-state index is -0.517. The number of nitrogens with two attached hydrogens (primary N) is 1. The van der Waals surface area contributed by atoms with E-state index in [0.29, 0.717) is 11.4 Å². The number of carbonyl (C=O) groups excluding carboxylic acids is 1. The van der Waals surface area contributed by atoms with Crippen LogP contribution in [0.5, 0.6) is 0 Å². The molecule has 0 spiro atoms. The third-order valence-corrected chi connectivity index (χ3v) is 1.71. The van der Waals surface area contributed by atoms with Crippen molar-refractivity contribution in [1.82, 2.24) is 9.97 Å². The molecule has 0 unspecified atom stereocenters. The second-order valence-corrected chi connectivity index (χ2v) is 4.62. The Morgan fingerprint density at radius 1 is 1.38 bits per heavy atom. The number of aromatic nitrogens is 2. The van der Waals surface area contributed by atoms with Gasteiger partial charge in [-0.05, 0) is 27.7 Å². The first-order valence-electron chi connectivity index (χ1n) is 5.10. The van der Waals surface area contributed by atoms with Crippen LogP contribution in [0.2, 0.25) is 0 Å². The van der Waals surface area contributed by atoms with E-state index in [0.717, 1.165) is 0 Å². The summed E-state index contributed by atoms with van der Waals surface area (Å²) in [6.07, 6.45) is 2.86. The minimum Gasteiger partial charge on any atom is -0.456 e. The quantitative estimate of drug-likeness (QED) is 0.768. The lowest BCUT2D eigenvalue weighted by Gasteiger charge is -2.19. The summed E-state index contributed by atoms with van der Waals surface area (Å²) in [5, 5.41) is 0. The van der Waals surface area contributed by atoms with Crippen molar-refractivity contribution in [3.8, 4) is 0 Å². The van der Waals surface area contributed by atoms with Crippen LogP contribution in [0, 0.1) is 0 Å². The summed E-state index contributed by atoms with van der Waals surface area (Å²) in [4.78, 5) is 19.6. The van der Waals surface area contributed by atoms with E-state index < -0.39 is 11.6 Å². The van der Waals surface area contributed by atoms with E-state index in [1.165, 1.54) is 12.4 Å². The van der Waals surface area contributed by atoms with Gasteiger partial charge in [-0.3, -0.25) is 0 Å². The van der Waals surface area contributed by atoms with Crippen LogP contribution >= 0.6 is 0 Å². The van der Waals surface area contributed by atoms with Crippen LogP contribution in [0.15, 0.2) is 12.4 Å². The monoisotopic (exact) mass is 223 g/mol. The van der Waals surface area contributed by atoms with Crippen LogP contribution in [0.3, 0.4) is 0 Å². The van der Waals surface area contributed by atoms with Gasteiger partial charge in [-0.1, -0.05) is 0 Å². The highest BCUT2D eigenvalue weighted by molar-refractivity contribution is 5.88. The third-order valence-electron chi connectivity index (χ3n) is 1.71. The number of carbonyl (C=O) groups is 1. The Morgan fingerprint density at radius 2 is 1.88 bits per heavy atom. The first kappa shape index (κ1) is 12.6. The van der Waals surface area contributed by atoms with Crippen molar-refractivity contribution in [1.29, 1.82) is 0 Å². The zero-order chi connectivity index (χ0) is 12.3. The van der Waals surface area contributed by atoms with Gasteiger partial charge in [0.1, 0.15) is 11.4 Å². The molecular weight excluding hydrogens is 206 g/mol. The van der Waals surface area contributed by atoms with Crippen molar-refractivity contribution >= 4 is 5.97 Å². The van der Waals surface area contributed by atoms with Gasteiger partial charge in [0.2, 0.25) is 0 Å². The molecular formula is C11H17N3O2. The molecule has 5 nitrogen and oxygen atoms in total. The highest BCUT2D eigenvalue weighted by Gasteiger charge is 2.18. The fraction of sp³-hybridized carbons (Fsp3) is 0.545. The third kappa shape index (κ3) is 3.58. The Bertz CT molecular complexity index is 366. The normalized spacial score (nSPS) is 13.3. The van der Waals surface area contributed by atoms with E-state index in [4.69, 9.17) is 10.5 Å². The molecule has 0 saturated carbocycles. The number of hydrogen-bond donors (Lipinski definition) is 1. The average molecular weight is 223 g/mol. The largest absolute Gasteiger partial charge is 0.456 e. The van der Waals surface area contributed by atoms with Gasteiger partial charge >= 0.3 is 5.97 Å². The van der Waals surface area contributed by atoms with Crippen molar-refractivity contribution in [2.45, 2.75) is 39.3 Å². The molecule has 1 heterocycles. The van der Waals surface area contributed by atoms with Gasteiger partial charge in [0.25, 0.3) is 0 Å². The van der Waals surface area contributed by atoms with Gasteiger partial charge in [0, 0.05) is 12.4 Å². The standard InChI is InChI=1S/C11H17N3O2/c1-7(12)9-13-5-8(6-14-9)10(15)16-11(2,3)4/h5-7H,12H2,1-4H3/t7-/m0/s1. The van der Waals surface area contributed by atoms with Crippen molar-refractivity contribution in [3.05, 3.63) is 23.8 Å². The Balaban J connectivity index is 2.78. The van der Waals surface area contributed by atoms with Gasteiger partial charge in [-0.2, -0.15) is 0 Å². The predicted molar refractivity (Wildman–Crippen MR) is 59.8 cm³/mol. The van der Waals surface area contributed by atoms with Crippen LogP contribution in [0.1, 0.15) is 49.9 Å². The molecule has 0 aliphatic carbocycles. The molecule has 2 N–H and O–H groups in total. The molecule has 1 aromatic rings. The molecule has 0 aromatic carbocycles. The molecule has 0 bridgehead atoms. The average Bonchev–Trinajstić information content (AvgIpc) is 2.15. The number of nitrogens with zero attached hydrogens (tertiary/aromatic N) is 2. The van der Waals surface area contributed by atoms with Crippen molar-refractivity contribution in [2.75, 3.05) is 0 Å². The Morgan fingerprint density at radius 3 is 2.25 bits per heavy atom. The number of esters is 1. The topological polar surface area (TPSA) is 78.1 Å². The van der Waals surface area contributed by atoms with Gasteiger partial charge in [0.05, 0.1) is 11.6 Å². The molecule has 0 radical (unpaired) electrons. The maximum Gasteiger partial charge on any atom is 0.341 e. The summed E-state index contributed by atoms with van der Waals surface area (Å²) >= 11 is 0. The maximum absolute atomic E-state index is 11.6. The molecule has 88 valence electrons. The Hall–Kier alpha value is -1.49. The second kappa shape index (κ2) is 4.57. The molecule has 0 aliphatic rings. The fourth-order valence-corrected chi connectivity index (χ4v) is 1.02. The van der Waals surface area contributed by atoms with Crippen LogP contribution in [0.25, 0.3) is 0 Å². The summed E-state index contributed by atoms with van der Waals surface area (Å²) in [6.45, 7) is 7.20. The summed E-state index contributed by atoms with van der Waals surface area (Å²) in [7, 11) is 0. The number of hydrogen-bond acceptors (Lipinski definition) is 5. The first-order chi connectivity index (χ1) is 7.29. The lowest BCUT2D eigenvalue weighted by Crippen LogP contribution is -2.24. The van der Waals surface area contributed by atoms with E-state index in [1.807, 2.05) is 20.8 Å². The lowest BCUT2D eigenvalue weighted by atomic mass is 10.2. The molecule has 1 atom stereocenters. The summed E-state index contributed by atoms with van der Waals surface area (Å²) in [6, 6.07) is -0.243. The fourth-order valence-electron chi connectivity index (χ4n) is 1.02. The van der Waals surface area contributed by atoms with Crippen LogP contribution in [-0.2, 0) is 4.74 Å². The molecule has 5 heteroatoms. The molecule has 1 rings (SSSR count). The Labute approximate surface area is 95.0 Å². The van der Waals surface area contributed by atoms with Crippen molar-refractivity contribution in [3.63, 3.8) is 0 Å². The summed E-state index contributed by atoms with van der Waals surface area (Å²) in [5.41, 5.74) is 5.42. The van der Waals surface area contributed by atoms with Gasteiger partial charge in [-0.25, -0.2) is 14.8 Å². The summed E-state index contributed by atoms with van der Waals surface area (Å²) in [5.74, 6) is 0.0797. The highest BCUT2D eigenvalue weighted by Crippen LogP contribution is 2.11. The highest BCUT2D eigenvalue weighted by atomic mass is 16.6. The van der Waals surface area contributed by atoms with Crippen molar-refractivity contribution < 1.29 is 9.53 Å². The van der Waals surface area contributed by atoms with E-state index in [2.05, 4.69) is 9.97 Å². The molecule has 0 fully saturated rings. The van der Waals surface area contributed by atoms with Gasteiger partial charge < -0.3 is 10.5 Å². The number of ether oxygens (including phenoxy) is 1. The lowest BCUT2D eigenvalue weighted by molar-refractivity contribution is 0.00685. The smallest absolute Gasteiger partial charge is 0.341 e. The zero-order valence-corrected chi connectivity index (χ0v) is 10.0. The van der Waals surface area contributed by atoms with E-state index in [-0.39, 0.29) is 6.04 Å².